The molecule has 1 unspecified atom stereocenters. The smallest absolute Gasteiger partial charge is 0.127 e. The van der Waals surface area contributed by atoms with Crippen molar-refractivity contribution in [2.24, 2.45) is 0 Å². The molecular weight excluding hydrogens is 186 g/mol. The Morgan fingerprint density at radius 2 is 2.14 bits per heavy atom. The van der Waals surface area contributed by atoms with E-state index in [4.69, 9.17) is 4.74 Å². The van der Waals surface area contributed by atoms with Gasteiger partial charge < -0.3 is 4.74 Å². The molecule has 1 nitrogen and oxygen atoms in total. The lowest BCUT2D eigenvalue weighted by atomic mass is 10.0. The number of halogens is 2. The maximum atomic E-state index is 13.0. The molecule has 0 aliphatic heterocycles. The van der Waals surface area contributed by atoms with Gasteiger partial charge in [-0.25, -0.2) is 4.39 Å². The van der Waals surface area contributed by atoms with Gasteiger partial charge in [-0.3, -0.25) is 4.39 Å². The molecule has 1 aromatic rings. The van der Waals surface area contributed by atoms with Gasteiger partial charge in [0.15, 0.2) is 0 Å². The molecule has 0 spiro atoms. The first-order chi connectivity index (χ1) is 6.67. The van der Waals surface area contributed by atoms with Crippen molar-refractivity contribution in [1.29, 1.82) is 0 Å². The Hall–Kier alpha value is -1.12. The van der Waals surface area contributed by atoms with E-state index in [9.17, 15) is 8.78 Å². The molecule has 1 aromatic carbocycles. The molecule has 1 radical (unpaired) electrons. The summed E-state index contributed by atoms with van der Waals surface area (Å²) in [5.41, 5.74) is 0.524. The van der Waals surface area contributed by atoms with Crippen molar-refractivity contribution in [1.82, 2.24) is 0 Å². The molecule has 1 atom stereocenters. The third kappa shape index (κ3) is 2.69. The van der Waals surface area contributed by atoms with Crippen molar-refractivity contribution in [2.75, 3.05) is 13.3 Å². The second-order valence-corrected chi connectivity index (χ2v) is 3.00. The topological polar surface area (TPSA) is 9.23 Å². The van der Waals surface area contributed by atoms with E-state index in [0.717, 1.165) is 0 Å². The van der Waals surface area contributed by atoms with Gasteiger partial charge in [0.1, 0.15) is 11.6 Å². The van der Waals surface area contributed by atoms with Crippen LogP contribution < -0.4 is 4.74 Å². The first-order valence-electron chi connectivity index (χ1n) is 4.49. The molecule has 0 amide bonds. The third-order valence-electron chi connectivity index (χ3n) is 1.86. The van der Waals surface area contributed by atoms with Gasteiger partial charge in [0.25, 0.3) is 0 Å². The molecule has 0 fully saturated rings. The second-order valence-electron chi connectivity index (χ2n) is 3.00. The first kappa shape index (κ1) is 11.0. The number of hydrogen-bond acceptors (Lipinski definition) is 1. The van der Waals surface area contributed by atoms with Crippen LogP contribution in [0, 0.1) is 12.7 Å². The summed E-state index contributed by atoms with van der Waals surface area (Å²) in [7, 11) is 0. The molecule has 0 N–H and O–H groups in total. The van der Waals surface area contributed by atoms with E-state index in [1.165, 1.54) is 12.1 Å². The van der Waals surface area contributed by atoms with Crippen molar-refractivity contribution in [3.8, 4) is 5.75 Å². The average molecular weight is 199 g/mol. The lowest BCUT2D eigenvalue weighted by molar-refractivity contribution is 0.337. The number of ether oxygens (including phenoxy) is 1. The van der Waals surface area contributed by atoms with Crippen LogP contribution in [0.2, 0.25) is 0 Å². The number of rotatable bonds is 4. The first-order valence-corrected chi connectivity index (χ1v) is 4.49. The Balaban J connectivity index is 2.94. The molecule has 0 aromatic heterocycles. The molecule has 14 heavy (non-hydrogen) atoms. The van der Waals surface area contributed by atoms with Crippen molar-refractivity contribution in [2.45, 2.75) is 12.8 Å². The van der Waals surface area contributed by atoms with Crippen LogP contribution in [-0.2, 0) is 0 Å². The third-order valence-corrected chi connectivity index (χ3v) is 1.86. The minimum Gasteiger partial charge on any atom is -0.494 e. The Morgan fingerprint density at radius 3 is 2.71 bits per heavy atom. The van der Waals surface area contributed by atoms with Crippen LogP contribution in [0.1, 0.15) is 18.4 Å². The van der Waals surface area contributed by atoms with Gasteiger partial charge in [-0.1, -0.05) is 0 Å². The summed E-state index contributed by atoms with van der Waals surface area (Å²) in [6.45, 7) is 5.24. The summed E-state index contributed by atoms with van der Waals surface area (Å²) in [5, 5.41) is 0. The van der Waals surface area contributed by atoms with Crippen molar-refractivity contribution in [3.05, 3.63) is 36.5 Å². The van der Waals surface area contributed by atoms with Crippen LogP contribution in [-0.4, -0.2) is 13.3 Å². The van der Waals surface area contributed by atoms with Crippen molar-refractivity contribution in [3.63, 3.8) is 0 Å². The Bertz CT molecular complexity index is 299. The van der Waals surface area contributed by atoms with Gasteiger partial charge in [0.05, 0.1) is 13.3 Å². The summed E-state index contributed by atoms with van der Waals surface area (Å²) in [4.78, 5) is 0. The molecule has 0 saturated heterocycles. The van der Waals surface area contributed by atoms with Gasteiger partial charge in [0.2, 0.25) is 0 Å². The van der Waals surface area contributed by atoms with Crippen LogP contribution in [0.5, 0.6) is 5.75 Å². The zero-order chi connectivity index (χ0) is 10.6. The standard InChI is InChI=1S/C11H13F2O/c1-3-14-11-5-9(8(2)7-12)4-10(13)6-11/h4-6,8H,2-3,7H2,1H3. The van der Waals surface area contributed by atoms with Crippen LogP contribution in [0.4, 0.5) is 8.78 Å². The molecular formula is C11H13F2O. The van der Waals surface area contributed by atoms with Crippen molar-refractivity contribution >= 4 is 0 Å². The number of benzene rings is 1. The molecule has 0 bridgehead atoms. The zero-order valence-electron chi connectivity index (χ0n) is 8.09. The predicted octanol–water partition coefficient (Wildman–Crippen LogP) is 3.11. The van der Waals surface area contributed by atoms with E-state index in [2.05, 4.69) is 6.92 Å². The molecule has 0 aliphatic rings. The Kier molecular flexibility index (Phi) is 3.86. The maximum absolute atomic E-state index is 13.0. The highest BCUT2D eigenvalue weighted by atomic mass is 19.1. The van der Waals surface area contributed by atoms with Crippen molar-refractivity contribution < 1.29 is 13.5 Å². The maximum Gasteiger partial charge on any atom is 0.127 e. The van der Waals surface area contributed by atoms with E-state index in [0.29, 0.717) is 17.9 Å². The van der Waals surface area contributed by atoms with Gasteiger partial charge >= 0.3 is 0 Å². The lowest BCUT2D eigenvalue weighted by Crippen LogP contribution is -1.99. The highest BCUT2D eigenvalue weighted by Crippen LogP contribution is 2.22. The lowest BCUT2D eigenvalue weighted by Gasteiger charge is -2.10. The number of hydrogen-bond donors (Lipinski definition) is 0. The van der Waals surface area contributed by atoms with Gasteiger partial charge in [-0.05, 0) is 31.5 Å². The quantitative estimate of drug-likeness (QED) is 0.724. The fourth-order valence-electron chi connectivity index (χ4n) is 1.16. The predicted molar refractivity (Wildman–Crippen MR) is 51.6 cm³/mol. The summed E-state index contributed by atoms with van der Waals surface area (Å²) in [5.74, 6) is -0.539. The largest absolute Gasteiger partial charge is 0.494 e. The van der Waals surface area contributed by atoms with E-state index in [1.54, 1.807) is 13.0 Å². The summed E-state index contributed by atoms with van der Waals surface area (Å²) < 4.78 is 30.4. The summed E-state index contributed by atoms with van der Waals surface area (Å²) >= 11 is 0. The van der Waals surface area contributed by atoms with E-state index in [1.807, 2.05) is 0 Å². The van der Waals surface area contributed by atoms with Gasteiger partial charge in [0, 0.05) is 12.0 Å². The monoisotopic (exact) mass is 199 g/mol. The van der Waals surface area contributed by atoms with E-state index in [-0.39, 0.29) is 0 Å². The fraction of sp³-hybridized carbons (Fsp3) is 0.364. The Labute approximate surface area is 82.7 Å². The van der Waals surface area contributed by atoms with Gasteiger partial charge in [-0.2, -0.15) is 0 Å². The Morgan fingerprint density at radius 1 is 1.43 bits per heavy atom. The molecule has 3 heteroatoms. The SMILES string of the molecule is [CH2]C(CF)c1cc(F)cc(OCC)c1. The molecule has 0 aliphatic carbocycles. The van der Waals surface area contributed by atoms with E-state index >= 15 is 0 Å². The van der Waals surface area contributed by atoms with E-state index < -0.39 is 18.4 Å². The zero-order valence-corrected chi connectivity index (χ0v) is 8.09. The summed E-state index contributed by atoms with van der Waals surface area (Å²) in [6, 6.07) is 4.17. The minimum atomic E-state index is -0.602. The van der Waals surface area contributed by atoms with Gasteiger partial charge in [-0.15, -0.1) is 0 Å². The number of alkyl halides is 1. The molecule has 0 saturated carbocycles. The average Bonchev–Trinajstić information content (AvgIpc) is 2.16. The fourth-order valence-corrected chi connectivity index (χ4v) is 1.16. The van der Waals surface area contributed by atoms with Crippen LogP contribution >= 0.6 is 0 Å². The highest BCUT2D eigenvalue weighted by Gasteiger charge is 2.08. The van der Waals surface area contributed by atoms with Crippen LogP contribution in [0.15, 0.2) is 18.2 Å². The van der Waals surface area contributed by atoms with Crippen LogP contribution in [0.3, 0.4) is 0 Å². The van der Waals surface area contributed by atoms with Crippen LogP contribution in [0.25, 0.3) is 0 Å². The minimum absolute atomic E-state index is 0.421. The normalized spacial score (nSPS) is 12.6. The summed E-state index contributed by atoms with van der Waals surface area (Å²) in [6.07, 6.45) is 0. The highest BCUT2D eigenvalue weighted by molar-refractivity contribution is 5.32. The second kappa shape index (κ2) is 4.94. The molecule has 1 rings (SSSR count). The molecule has 77 valence electrons. The molecule has 0 heterocycles.